The molecule has 1 fully saturated rings. The third kappa shape index (κ3) is 2.98. The quantitative estimate of drug-likeness (QED) is 0.655. The topological polar surface area (TPSA) is 84.6 Å². The summed E-state index contributed by atoms with van der Waals surface area (Å²) in [7, 11) is 1.29. The summed E-state index contributed by atoms with van der Waals surface area (Å²) in [5.74, 6) is -0.737. The summed E-state index contributed by atoms with van der Waals surface area (Å²) < 4.78 is 18.8. The number of aliphatic hydroxyl groups excluding tert-OH is 1. The highest BCUT2D eigenvalue weighted by atomic mass is 19.1. The number of nitro groups is 1. The highest BCUT2D eigenvalue weighted by Gasteiger charge is 2.25. The van der Waals surface area contributed by atoms with E-state index in [-0.39, 0.29) is 17.5 Å². The minimum atomic E-state index is -0.727. The number of hydrogen-bond acceptors (Lipinski definition) is 5. The molecule has 2 unspecified atom stereocenters. The number of halogens is 1. The van der Waals surface area contributed by atoms with Crippen molar-refractivity contribution in [2.75, 3.05) is 12.4 Å². The highest BCUT2D eigenvalue weighted by molar-refractivity contribution is 5.59. The first kappa shape index (κ1) is 14.5. The van der Waals surface area contributed by atoms with E-state index in [1.165, 1.54) is 13.2 Å². The van der Waals surface area contributed by atoms with Crippen molar-refractivity contribution in [1.29, 1.82) is 0 Å². The van der Waals surface area contributed by atoms with Crippen molar-refractivity contribution < 1.29 is 19.2 Å². The molecule has 2 rings (SSSR count). The summed E-state index contributed by atoms with van der Waals surface area (Å²) in [6, 6.07) is 1.84. The maximum atomic E-state index is 13.9. The van der Waals surface area contributed by atoms with Crippen molar-refractivity contribution in [3.63, 3.8) is 0 Å². The van der Waals surface area contributed by atoms with Gasteiger partial charge in [-0.1, -0.05) is 12.8 Å². The lowest BCUT2D eigenvalue weighted by atomic mass is 9.92. The second kappa shape index (κ2) is 6.04. The highest BCUT2D eigenvalue weighted by Crippen LogP contribution is 2.33. The molecule has 1 aromatic carbocycles. The van der Waals surface area contributed by atoms with Gasteiger partial charge in [-0.05, 0) is 12.8 Å². The van der Waals surface area contributed by atoms with Crippen LogP contribution in [0.15, 0.2) is 12.1 Å². The number of methoxy groups -OCH3 is 1. The molecular weight excluding hydrogens is 267 g/mol. The Kier molecular flexibility index (Phi) is 4.39. The number of nitro benzene ring substituents is 1. The van der Waals surface area contributed by atoms with Crippen LogP contribution >= 0.6 is 0 Å². The second-order valence-corrected chi connectivity index (χ2v) is 4.86. The van der Waals surface area contributed by atoms with E-state index in [1.807, 2.05) is 0 Å². The van der Waals surface area contributed by atoms with Gasteiger partial charge in [-0.15, -0.1) is 0 Å². The van der Waals surface area contributed by atoms with Crippen LogP contribution in [-0.4, -0.2) is 29.3 Å². The fourth-order valence-electron chi connectivity index (χ4n) is 2.44. The SMILES string of the molecule is COc1cc(NC2CCCCC2O)c(F)cc1[N+](=O)[O-]. The summed E-state index contributed by atoms with van der Waals surface area (Å²) in [6.07, 6.45) is 2.78. The van der Waals surface area contributed by atoms with Crippen molar-refractivity contribution >= 4 is 11.4 Å². The third-order valence-corrected chi connectivity index (χ3v) is 3.54. The van der Waals surface area contributed by atoms with Crippen molar-refractivity contribution in [2.45, 2.75) is 37.8 Å². The molecule has 7 heteroatoms. The molecule has 20 heavy (non-hydrogen) atoms. The van der Waals surface area contributed by atoms with Gasteiger partial charge >= 0.3 is 5.69 Å². The predicted octanol–water partition coefficient (Wildman–Crippen LogP) is 2.46. The molecule has 2 N–H and O–H groups in total. The van der Waals surface area contributed by atoms with Crippen LogP contribution in [0.3, 0.4) is 0 Å². The van der Waals surface area contributed by atoms with Crippen molar-refractivity contribution in [3.8, 4) is 5.75 Å². The van der Waals surface area contributed by atoms with Gasteiger partial charge in [0.05, 0.1) is 35.9 Å². The standard InChI is InChI=1S/C13H17FN2O4/c1-20-13-7-10(8(14)6-11(13)16(18)19)15-9-4-2-3-5-12(9)17/h6-7,9,12,15,17H,2-5H2,1H3. The number of hydrogen-bond donors (Lipinski definition) is 2. The van der Waals surface area contributed by atoms with Crippen LogP contribution in [0.25, 0.3) is 0 Å². The molecule has 0 spiro atoms. The monoisotopic (exact) mass is 284 g/mol. The first-order chi connectivity index (χ1) is 9.52. The maximum absolute atomic E-state index is 13.9. The minimum Gasteiger partial charge on any atom is -0.490 e. The first-order valence-electron chi connectivity index (χ1n) is 6.49. The van der Waals surface area contributed by atoms with Gasteiger partial charge in [0.25, 0.3) is 0 Å². The van der Waals surface area contributed by atoms with Gasteiger partial charge in [0.1, 0.15) is 0 Å². The summed E-state index contributed by atoms with van der Waals surface area (Å²) in [5, 5.41) is 23.6. The fourth-order valence-corrected chi connectivity index (χ4v) is 2.44. The normalized spacial score (nSPS) is 22.4. The van der Waals surface area contributed by atoms with Gasteiger partial charge in [0.15, 0.2) is 11.6 Å². The molecule has 1 saturated carbocycles. The maximum Gasteiger partial charge on any atom is 0.313 e. The predicted molar refractivity (Wildman–Crippen MR) is 71.5 cm³/mol. The molecule has 0 aromatic heterocycles. The van der Waals surface area contributed by atoms with Gasteiger partial charge in [0.2, 0.25) is 0 Å². The molecule has 1 aromatic rings. The molecule has 1 aliphatic carbocycles. The van der Waals surface area contributed by atoms with Crippen LogP contribution in [-0.2, 0) is 0 Å². The number of anilines is 1. The van der Waals surface area contributed by atoms with Crippen LogP contribution in [0.1, 0.15) is 25.7 Å². The number of aliphatic hydroxyl groups is 1. The molecule has 0 aliphatic heterocycles. The molecule has 1 aliphatic rings. The smallest absolute Gasteiger partial charge is 0.313 e. The Hall–Kier alpha value is -1.89. The number of ether oxygens (including phenoxy) is 1. The summed E-state index contributed by atoms with van der Waals surface area (Å²) in [5.41, 5.74) is -0.307. The van der Waals surface area contributed by atoms with E-state index in [0.717, 1.165) is 25.3 Å². The molecule has 0 saturated heterocycles. The van der Waals surface area contributed by atoms with E-state index in [9.17, 15) is 19.6 Å². The van der Waals surface area contributed by atoms with Crippen LogP contribution in [0, 0.1) is 15.9 Å². The van der Waals surface area contributed by atoms with Crippen LogP contribution < -0.4 is 10.1 Å². The van der Waals surface area contributed by atoms with Gasteiger partial charge in [0, 0.05) is 6.07 Å². The average Bonchev–Trinajstić information content (AvgIpc) is 2.42. The zero-order valence-electron chi connectivity index (χ0n) is 11.1. The Morgan fingerprint density at radius 2 is 2.15 bits per heavy atom. The number of nitrogens with zero attached hydrogens (tertiary/aromatic N) is 1. The van der Waals surface area contributed by atoms with Crippen molar-refractivity contribution in [3.05, 3.63) is 28.1 Å². The molecule has 0 heterocycles. The zero-order valence-corrected chi connectivity index (χ0v) is 11.1. The molecular formula is C13H17FN2O4. The molecule has 0 amide bonds. The fraction of sp³-hybridized carbons (Fsp3) is 0.538. The van der Waals surface area contributed by atoms with Gasteiger partial charge in [-0.3, -0.25) is 10.1 Å². The molecule has 2 atom stereocenters. The average molecular weight is 284 g/mol. The lowest BCUT2D eigenvalue weighted by Gasteiger charge is -2.29. The summed E-state index contributed by atoms with van der Waals surface area (Å²) >= 11 is 0. The molecule has 6 nitrogen and oxygen atoms in total. The van der Waals surface area contributed by atoms with Crippen LogP contribution in [0.4, 0.5) is 15.8 Å². The number of benzene rings is 1. The first-order valence-corrected chi connectivity index (χ1v) is 6.49. The number of nitrogens with one attached hydrogen (secondary N) is 1. The van der Waals surface area contributed by atoms with E-state index in [0.29, 0.717) is 6.42 Å². The largest absolute Gasteiger partial charge is 0.490 e. The third-order valence-electron chi connectivity index (χ3n) is 3.54. The summed E-state index contributed by atoms with van der Waals surface area (Å²) in [6.45, 7) is 0. The van der Waals surface area contributed by atoms with Gasteiger partial charge < -0.3 is 15.2 Å². The zero-order chi connectivity index (χ0) is 14.7. The number of rotatable bonds is 4. The van der Waals surface area contributed by atoms with E-state index in [1.54, 1.807) is 0 Å². The lowest BCUT2D eigenvalue weighted by Crippen LogP contribution is -2.36. The minimum absolute atomic E-state index is 0.0100. The van der Waals surface area contributed by atoms with Crippen LogP contribution in [0.2, 0.25) is 0 Å². The molecule has 0 radical (unpaired) electrons. The molecule has 0 bridgehead atoms. The Balaban J connectivity index is 2.25. The van der Waals surface area contributed by atoms with E-state index in [4.69, 9.17) is 4.74 Å². The van der Waals surface area contributed by atoms with Crippen molar-refractivity contribution in [1.82, 2.24) is 0 Å². The van der Waals surface area contributed by atoms with Gasteiger partial charge in [-0.25, -0.2) is 4.39 Å². The molecule has 110 valence electrons. The van der Waals surface area contributed by atoms with Gasteiger partial charge in [-0.2, -0.15) is 0 Å². The lowest BCUT2D eigenvalue weighted by molar-refractivity contribution is -0.385. The Morgan fingerprint density at radius 3 is 2.75 bits per heavy atom. The van der Waals surface area contributed by atoms with E-state index in [2.05, 4.69) is 5.32 Å². The van der Waals surface area contributed by atoms with E-state index < -0.39 is 22.5 Å². The Bertz CT molecular complexity index is 509. The second-order valence-electron chi connectivity index (χ2n) is 4.86. The Labute approximate surface area is 115 Å². The van der Waals surface area contributed by atoms with Crippen LogP contribution in [0.5, 0.6) is 5.75 Å². The van der Waals surface area contributed by atoms with Crippen molar-refractivity contribution in [2.24, 2.45) is 0 Å². The van der Waals surface area contributed by atoms with E-state index >= 15 is 0 Å². The Morgan fingerprint density at radius 1 is 1.45 bits per heavy atom. The summed E-state index contributed by atoms with van der Waals surface area (Å²) in [4.78, 5) is 10.1.